The van der Waals surface area contributed by atoms with Crippen LogP contribution in [0.4, 0.5) is 17.5 Å². The van der Waals surface area contributed by atoms with E-state index in [9.17, 15) is 0 Å². The van der Waals surface area contributed by atoms with Crippen molar-refractivity contribution in [3.8, 4) is 17.0 Å². The normalized spacial score (nSPS) is 14.1. The zero-order chi connectivity index (χ0) is 20.3. The van der Waals surface area contributed by atoms with E-state index in [1.165, 1.54) is 19.3 Å². The van der Waals surface area contributed by atoms with E-state index in [4.69, 9.17) is 4.74 Å². The molecule has 0 bridgehead atoms. The first-order valence-electron chi connectivity index (χ1n) is 10.3. The Kier molecular flexibility index (Phi) is 4.93. The fourth-order valence-electron chi connectivity index (χ4n) is 3.84. The van der Waals surface area contributed by atoms with Crippen LogP contribution in [0.5, 0.6) is 5.75 Å². The standard InChI is InChI=1S/C23H24N6O/c1-30-19-11-8-17(9-12-19)20-6-5-7-22-26-23(27-29(20)22)25-18-10-13-21(24-16-18)28-14-3-2-4-15-28/h5-13,16H,2-4,14-15H2,1H3,(H,25,27). The molecule has 0 aliphatic carbocycles. The SMILES string of the molecule is COc1ccc(-c2cccc3nc(Nc4ccc(N5CCCCC5)nc4)nn23)cc1. The molecule has 0 amide bonds. The first kappa shape index (κ1) is 18.4. The second kappa shape index (κ2) is 8.02. The molecule has 0 radical (unpaired) electrons. The second-order valence-corrected chi connectivity index (χ2v) is 7.42. The Morgan fingerprint density at radius 3 is 2.50 bits per heavy atom. The quantitative estimate of drug-likeness (QED) is 0.531. The summed E-state index contributed by atoms with van der Waals surface area (Å²) in [4.78, 5) is 11.6. The summed E-state index contributed by atoms with van der Waals surface area (Å²) in [5, 5.41) is 7.94. The number of anilines is 3. The number of rotatable bonds is 5. The van der Waals surface area contributed by atoms with Gasteiger partial charge in [-0.25, -0.2) is 9.50 Å². The van der Waals surface area contributed by atoms with E-state index >= 15 is 0 Å². The predicted molar refractivity (Wildman–Crippen MR) is 119 cm³/mol. The minimum atomic E-state index is 0.545. The molecule has 7 heteroatoms. The molecule has 5 rings (SSSR count). The summed E-state index contributed by atoms with van der Waals surface area (Å²) in [6, 6.07) is 18.0. The maximum absolute atomic E-state index is 5.26. The van der Waals surface area contributed by atoms with E-state index in [1.807, 2.05) is 59.2 Å². The summed E-state index contributed by atoms with van der Waals surface area (Å²) >= 11 is 0. The molecule has 1 aromatic carbocycles. The van der Waals surface area contributed by atoms with E-state index in [0.717, 1.165) is 47.2 Å². The molecule has 4 aromatic rings. The highest BCUT2D eigenvalue weighted by Gasteiger charge is 2.13. The molecular weight excluding hydrogens is 376 g/mol. The number of aromatic nitrogens is 4. The molecule has 1 saturated heterocycles. The highest BCUT2D eigenvalue weighted by molar-refractivity contribution is 5.65. The van der Waals surface area contributed by atoms with Crippen LogP contribution < -0.4 is 15.0 Å². The van der Waals surface area contributed by atoms with Crippen LogP contribution in [0, 0.1) is 0 Å². The molecule has 7 nitrogen and oxygen atoms in total. The van der Waals surface area contributed by atoms with E-state index < -0.39 is 0 Å². The highest BCUT2D eigenvalue weighted by atomic mass is 16.5. The largest absolute Gasteiger partial charge is 0.497 e. The lowest BCUT2D eigenvalue weighted by Gasteiger charge is -2.27. The average Bonchev–Trinajstić information content (AvgIpc) is 3.23. The Balaban J connectivity index is 1.38. The van der Waals surface area contributed by atoms with E-state index in [0.29, 0.717) is 5.95 Å². The van der Waals surface area contributed by atoms with Gasteiger partial charge in [-0.1, -0.05) is 6.07 Å². The monoisotopic (exact) mass is 400 g/mol. The third-order valence-corrected chi connectivity index (χ3v) is 5.43. The number of fused-ring (bicyclic) bond motifs is 1. The van der Waals surface area contributed by atoms with Gasteiger partial charge in [0.15, 0.2) is 5.65 Å². The summed E-state index contributed by atoms with van der Waals surface area (Å²) in [5.41, 5.74) is 3.67. The number of pyridine rings is 2. The van der Waals surface area contributed by atoms with Crippen molar-refractivity contribution in [2.24, 2.45) is 0 Å². The first-order chi connectivity index (χ1) is 14.8. The fourth-order valence-corrected chi connectivity index (χ4v) is 3.84. The van der Waals surface area contributed by atoms with Gasteiger partial charge in [0.25, 0.3) is 0 Å². The summed E-state index contributed by atoms with van der Waals surface area (Å²) in [5.74, 6) is 2.40. The molecule has 30 heavy (non-hydrogen) atoms. The van der Waals surface area contributed by atoms with Gasteiger partial charge in [0.1, 0.15) is 11.6 Å². The zero-order valence-electron chi connectivity index (χ0n) is 17.0. The van der Waals surface area contributed by atoms with Gasteiger partial charge in [0.2, 0.25) is 5.95 Å². The van der Waals surface area contributed by atoms with Crippen molar-refractivity contribution in [1.29, 1.82) is 0 Å². The van der Waals surface area contributed by atoms with Crippen molar-refractivity contribution in [2.75, 3.05) is 30.4 Å². The Morgan fingerprint density at radius 2 is 1.77 bits per heavy atom. The molecule has 152 valence electrons. The van der Waals surface area contributed by atoms with Crippen molar-refractivity contribution < 1.29 is 4.74 Å². The van der Waals surface area contributed by atoms with Crippen molar-refractivity contribution in [3.63, 3.8) is 0 Å². The molecule has 0 saturated carbocycles. The van der Waals surface area contributed by atoms with Crippen LogP contribution in [0.25, 0.3) is 16.9 Å². The van der Waals surface area contributed by atoms with Gasteiger partial charge in [-0.05, 0) is 67.8 Å². The Hall–Kier alpha value is -3.61. The van der Waals surface area contributed by atoms with Crippen molar-refractivity contribution >= 4 is 23.1 Å². The zero-order valence-corrected chi connectivity index (χ0v) is 17.0. The van der Waals surface area contributed by atoms with Gasteiger partial charge in [-0.15, -0.1) is 5.10 Å². The lowest BCUT2D eigenvalue weighted by molar-refractivity contribution is 0.415. The lowest BCUT2D eigenvalue weighted by atomic mass is 10.1. The van der Waals surface area contributed by atoms with Gasteiger partial charge in [0.05, 0.1) is 24.7 Å². The maximum Gasteiger partial charge on any atom is 0.247 e. The van der Waals surface area contributed by atoms with Gasteiger partial charge in [-0.3, -0.25) is 0 Å². The molecule has 0 unspecified atom stereocenters. The summed E-state index contributed by atoms with van der Waals surface area (Å²) < 4.78 is 7.10. The molecule has 1 aliphatic rings. The first-order valence-corrected chi connectivity index (χ1v) is 10.3. The third kappa shape index (κ3) is 3.66. The van der Waals surface area contributed by atoms with Crippen LogP contribution >= 0.6 is 0 Å². The molecule has 0 spiro atoms. The van der Waals surface area contributed by atoms with Crippen molar-refractivity contribution in [3.05, 3.63) is 60.8 Å². The van der Waals surface area contributed by atoms with Crippen molar-refractivity contribution in [2.45, 2.75) is 19.3 Å². The number of ether oxygens (including phenoxy) is 1. The van der Waals surface area contributed by atoms with E-state index in [1.54, 1.807) is 7.11 Å². The maximum atomic E-state index is 5.26. The Bertz CT molecular complexity index is 1130. The lowest BCUT2D eigenvalue weighted by Crippen LogP contribution is -2.29. The molecule has 1 fully saturated rings. The van der Waals surface area contributed by atoms with Gasteiger partial charge in [-0.2, -0.15) is 4.98 Å². The number of methoxy groups -OCH3 is 1. The number of benzene rings is 1. The van der Waals surface area contributed by atoms with Crippen LogP contribution in [0.1, 0.15) is 19.3 Å². The average molecular weight is 400 g/mol. The molecular formula is C23H24N6O. The fraction of sp³-hybridized carbons (Fsp3) is 0.261. The molecule has 3 aromatic heterocycles. The van der Waals surface area contributed by atoms with Crippen molar-refractivity contribution in [1.82, 2.24) is 19.6 Å². The van der Waals surface area contributed by atoms with Crippen LogP contribution in [0.3, 0.4) is 0 Å². The number of nitrogens with zero attached hydrogens (tertiary/aromatic N) is 5. The summed E-state index contributed by atoms with van der Waals surface area (Å²) in [7, 11) is 1.67. The van der Waals surface area contributed by atoms with Gasteiger partial charge >= 0.3 is 0 Å². The molecule has 4 heterocycles. The minimum absolute atomic E-state index is 0.545. The van der Waals surface area contributed by atoms with E-state index in [2.05, 4.69) is 31.3 Å². The Morgan fingerprint density at radius 1 is 0.933 bits per heavy atom. The third-order valence-electron chi connectivity index (χ3n) is 5.43. The van der Waals surface area contributed by atoms with Crippen LogP contribution in [-0.2, 0) is 0 Å². The summed E-state index contributed by atoms with van der Waals surface area (Å²) in [6.07, 6.45) is 5.64. The van der Waals surface area contributed by atoms with Gasteiger partial charge in [0, 0.05) is 18.7 Å². The second-order valence-electron chi connectivity index (χ2n) is 7.42. The van der Waals surface area contributed by atoms with Crippen LogP contribution in [0.2, 0.25) is 0 Å². The van der Waals surface area contributed by atoms with Gasteiger partial charge < -0.3 is 15.0 Å². The minimum Gasteiger partial charge on any atom is -0.497 e. The molecule has 0 atom stereocenters. The smallest absolute Gasteiger partial charge is 0.247 e. The number of nitrogens with one attached hydrogen (secondary N) is 1. The van der Waals surface area contributed by atoms with Crippen LogP contribution in [-0.4, -0.2) is 39.8 Å². The number of hydrogen-bond donors (Lipinski definition) is 1. The van der Waals surface area contributed by atoms with Crippen LogP contribution in [0.15, 0.2) is 60.8 Å². The van der Waals surface area contributed by atoms with E-state index in [-0.39, 0.29) is 0 Å². The molecule has 1 N–H and O–H groups in total. The number of piperidine rings is 1. The summed E-state index contributed by atoms with van der Waals surface area (Å²) in [6.45, 7) is 2.17. The predicted octanol–water partition coefficient (Wildman–Crippen LogP) is 4.53. The topological polar surface area (TPSA) is 67.6 Å². The highest BCUT2D eigenvalue weighted by Crippen LogP contribution is 2.25. The number of hydrogen-bond acceptors (Lipinski definition) is 6. The Labute approximate surface area is 175 Å². The molecule has 1 aliphatic heterocycles.